The Hall–Kier alpha value is -1.42. The normalized spacial score (nSPS) is 16.4. The Morgan fingerprint density at radius 3 is 2.62 bits per heavy atom. The van der Waals surface area contributed by atoms with Crippen LogP contribution in [0.1, 0.15) is 5.56 Å². The minimum Gasteiger partial charge on any atom is -0.313 e. The summed E-state index contributed by atoms with van der Waals surface area (Å²) in [5.74, 6) is 0. The first-order valence-corrected chi connectivity index (χ1v) is 6.34. The zero-order chi connectivity index (χ0) is 11.6. The van der Waals surface area contributed by atoms with Crippen LogP contribution in [0.2, 0.25) is 0 Å². The highest BCUT2D eigenvalue weighted by atomic mass is 32.2. The van der Waals surface area contributed by atoms with Crippen molar-refractivity contribution in [1.29, 1.82) is 5.26 Å². The third kappa shape index (κ3) is 2.07. The van der Waals surface area contributed by atoms with Crippen LogP contribution >= 0.6 is 0 Å². The molecule has 16 heavy (non-hydrogen) atoms. The molecule has 0 spiro atoms. The molecule has 0 atom stereocenters. The number of nitrogens with zero attached hydrogens (tertiary/aromatic N) is 1. The first kappa shape index (κ1) is 11.1. The van der Waals surface area contributed by atoms with Gasteiger partial charge in [-0.2, -0.15) is 5.26 Å². The third-order valence-corrected chi connectivity index (χ3v) is 3.98. The van der Waals surface area contributed by atoms with E-state index in [-0.39, 0.29) is 16.5 Å². The molecule has 0 aromatic heterocycles. The molecule has 0 saturated carbocycles. The molecule has 2 N–H and O–H groups in total. The van der Waals surface area contributed by atoms with E-state index in [2.05, 4.69) is 10.0 Å². The molecule has 0 bridgehead atoms. The third-order valence-electron chi connectivity index (χ3n) is 2.40. The van der Waals surface area contributed by atoms with Crippen molar-refractivity contribution in [3.63, 3.8) is 0 Å². The lowest BCUT2D eigenvalue weighted by Gasteiger charge is -2.27. The minimum atomic E-state index is -3.58. The first-order valence-electron chi connectivity index (χ1n) is 4.85. The molecule has 0 radical (unpaired) electrons. The van der Waals surface area contributed by atoms with Crippen molar-refractivity contribution in [1.82, 2.24) is 10.0 Å². The van der Waals surface area contributed by atoms with E-state index >= 15 is 0 Å². The van der Waals surface area contributed by atoms with E-state index in [1.165, 1.54) is 12.1 Å². The Balaban J connectivity index is 2.31. The smallest absolute Gasteiger partial charge is 0.242 e. The summed E-state index contributed by atoms with van der Waals surface area (Å²) in [4.78, 5) is 0.0457. The number of nitriles is 1. The Kier molecular flexibility index (Phi) is 2.92. The van der Waals surface area contributed by atoms with E-state index < -0.39 is 10.0 Å². The van der Waals surface area contributed by atoms with Crippen molar-refractivity contribution in [3.8, 4) is 6.07 Å². The van der Waals surface area contributed by atoms with Gasteiger partial charge in [-0.3, -0.25) is 0 Å². The number of hydrogen-bond acceptors (Lipinski definition) is 4. The van der Waals surface area contributed by atoms with Gasteiger partial charge in [0, 0.05) is 19.1 Å². The quantitative estimate of drug-likeness (QED) is 0.763. The molecule has 1 aromatic carbocycles. The van der Waals surface area contributed by atoms with Crippen molar-refractivity contribution in [2.24, 2.45) is 0 Å². The van der Waals surface area contributed by atoms with Crippen LogP contribution in [-0.2, 0) is 10.0 Å². The van der Waals surface area contributed by atoms with Crippen molar-refractivity contribution >= 4 is 10.0 Å². The fourth-order valence-electron chi connectivity index (χ4n) is 1.45. The fourth-order valence-corrected chi connectivity index (χ4v) is 2.84. The molecular formula is C10H11N3O2S. The van der Waals surface area contributed by atoms with Crippen LogP contribution in [0.4, 0.5) is 0 Å². The average molecular weight is 237 g/mol. The fraction of sp³-hybridized carbons (Fsp3) is 0.300. The summed E-state index contributed by atoms with van der Waals surface area (Å²) >= 11 is 0. The molecule has 5 nitrogen and oxygen atoms in total. The van der Waals surface area contributed by atoms with Gasteiger partial charge in [-0.05, 0) is 12.1 Å². The Morgan fingerprint density at radius 2 is 2.06 bits per heavy atom. The standard InChI is InChI=1S/C10H11N3O2S/c11-5-8-3-1-2-4-10(8)16(14,15)13-9-6-12-7-9/h1-4,9,12-13H,6-7H2. The van der Waals surface area contributed by atoms with Crippen molar-refractivity contribution < 1.29 is 8.42 Å². The molecule has 6 heteroatoms. The zero-order valence-corrected chi connectivity index (χ0v) is 9.29. The van der Waals surface area contributed by atoms with Gasteiger partial charge in [0.05, 0.1) is 10.5 Å². The van der Waals surface area contributed by atoms with Gasteiger partial charge < -0.3 is 5.32 Å². The van der Waals surface area contributed by atoms with Crippen LogP contribution in [0.15, 0.2) is 29.2 Å². The summed E-state index contributed by atoms with van der Waals surface area (Å²) < 4.78 is 26.4. The summed E-state index contributed by atoms with van der Waals surface area (Å²) in [6.07, 6.45) is 0. The summed E-state index contributed by atoms with van der Waals surface area (Å²) in [6, 6.07) is 7.98. The molecule has 2 rings (SSSR count). The first-order chi connectivity index (χ1) is 7.63. The molecule has 1 saturated heterocycles. The lowest BCUT2D eigenvalue weighted by Crippen LogP contribution is -2.56. The van der Waals surface area contributed by atoms with Crippen LogP contribution in [0.25, 0.3) is 0 Å². The summed E-state index contributed by atoms with van der Waals surface area (Å²) in [6.45, 7) is 1.27. The maximum atomic E-state index is 11.9. The van der Waals surface area contributed by atoms with E-state index in [1.54, 1.807) is 12.1 Å². The van der Waals surface area contributed by atoms with E-state index in [9.17, 15) is 8.42 Å². The molecule has 1 aliphatic rings. The van der Waals surface area contributed by atoms with Crippen LogP contribution in [-0.4, -0.2) is 27.5 Å². The van der Waals surface area contributed by atoms with Crippen LogP contribution in [0.3, 0.4) is 0 Å². The second-order valence-corrected chi connectivity index (χ2v) is 5.27. The molecule has 84 valence electrons. The van der Waals surface area contributed by atoms with Gasteiger partial charge in [-0.15, -0.1) is 0 Å². The highest BCUT2D eigenvalue weighted by Crippen LogP contribution is 2.14. The van der Waals surface area contributed by atoms with Gasteiger partial charge >= 0.3 is 0 Å². The summed E-state index contributed by atoms with van der Waals surface area (Å²) in [5.41, 5.74) is 0.169. The van der Waals surface area contributed by atoms with Gasteiger partial charge in [0.15, 0.2) is 0 Å². The molecule has 0 unspecified atom stereocenters. The molecular weight excluding hydrogens is 226 g/mol. The SMILES string of the molecule is N#Cc1ccccc1S(=O)(=O)NC1CNC1. The van der Waals surface area contributed by atoms with Gasteiger partial charge in [-0.25, -0.2) is 13.1 Å². The largest absolute Gasteiger partial charge is 0.313 e. The lowest BCUT2D eigenvalue weighted by molar-refractivity contribution is 0.410. The van der Waals surface area contributed by atoms with Gasteiger partial charge in [0.2, 0.25) is 10.0 Å². The van der Waals surface area contributed by atoms with E-state index in [1.807, 2.05) is 6.07 Å². The van der Waals surface area contributed by atoms with Gasteiger partial charge in [0.1, 0.15) is 6.07 Å². The van der Waals surface area contributed by atoms with Gasteiger partial charge in [0.25, 0.3) is 0 Å². The number of hydrogen-bond donors (Lipinski definition) is 2. The Labute approximate surface area is 94.1 Å². The van der Waals surface area contributed by atoms with Crippen molar-refractivity contribution in [2.75, 3.05) is 13.1 Å². The number of rotatable bonds is 3. The van der Waals surface area contributed by atoms with E-state index in [0.717, 1.165) is 0 Å². The molecule has 0 aliphatic carbocycles. The van der Waals surface area contributed by atoms with Crippen molar-refractivity contribution in [3.05, 3.63) is 29.8 Å². The van der Waals surface area contributed by atoms with E-state index in [0.29, 0.717) is 13.1 Å². The molecule has 1 heterocycles. The van der Waals surface area contributed by atoms with Crippen LogP contribution in [0.5, 0.6) is 0 Å². The highest BCUT2D eigenvalue weighted by molar-refractivity contribution is 7.89. The van der Waals surface area contributed by atoms with E-state index in [4.69, 9.17) is 5.26 Å². The number of benzene rings is 1. The van der Waals surface area contributed by atoms with Gasteiger partial charge in [-0.1, -0.05) is 12.1 Å². The van der Waals surface area contributed by atoms with Crippen LogP contribution in [0, 0.1) is 11.3 Å². The molecule has 1 aromatic rings. The lowest BCUT2D eigenvalue weighted by atomic mass is 10.2. The highest BCUT2D eigenvalue weighted by Gasteiger charge is 2.25. The van der Waals surface area contributed by atoms with Crippen LogP contribution < -0.4 is 10.0 Å². The monoisotopic (exact) mass is 237 g/mol. The predicted octanol–water partition coefficient (Wildman–Crippen LogP) is -0.192. The Bertz CT molecular complexity index is 529. The zero-order valence-electron chi connectivity index (χ0n) is 8.47. The summed E-state index contributed by atoms with van der Waals surface area (Å²) in [7, 11) is -3.58. The second-order valence-electron chi connectivity index (χ2n) is 3.58. The average Bonchev–Trinajstić information content (AvgIpc) is 2.24. The minimum absolute atomic E-state index is 0.0457. The predicted molar refractivity (Wildman–Crippen MR) is 58.1 cm³/mol. The summed E-state index contributed by atoms with van der Waals surface area (Å²) in [5, 5.41) is 11.8. The number of nitrogens with one attached hydrogen (secondary N) is 2. The maximum Gasteiger partial charge on any atom is 0.242 e. The maximum absolute atomic E-state index is 11.9. The second kappa shape index (κ2) is 4.22. The number of sulfonamides is 1. The molecule has 1 aliphatic heterocycles. The molecule has 1 fully saturated rings. The Morgan fingerprint density at radius 1 is 1.38 bits per heavy atom. The topological polar surface area (TPSA) is 82.0 Å². The van der Waals surface area contributed by atoms with Crippen molar-refractivity contribution in [2.45, 2.75) is 10.9 Å². The molecule has 0 amide bonds.